The van der Waals surface area contributed by atoms with Crippen LogP contribution in [-0.4, -0.2) is 18.1 Å². The number of rotatable bonds is 4. The van der Waals surface area contributed by atoms with Crippen molar-refractivity contribution in [3.05, 3.63) is 59.4 Å². The SMILES string of the molecule is COc1cccc(C(=O)Nc2cccc(CO)c2)c1F. The Hall–Kier alpha value is -2.40. The van der Waals surface area contributed by atoms with Crippen molar-refractivity contribution >= 4 is 11.6 Å². The van der Waals surface area contributed by atoms with Crippen LogP contribution in [0.25, 0.3) is 0 Å². The normalized spacial score (nSPS) is 10.2. The van der Waals surface area contributed by atoms with Gasteiger partial charge in [0.15, 0.2) is 11.6 Å². The van der Waals surface area contributed by atoms with E-state index in [2.05, 4.69) is 5.32 Å². The highest BCUT2D eigenvalue weighted by Crippen LogP contribution is 2.21. The Balaban J connectivity index is 2.24. The van der Waals surface area contributed by atoms with Crippen LogP contribution >= 0.6 is 0 Å². The molecular weight excluding hydrogens is 261 g/mol. The number of nitrogens with one attached hydrogen (secondary N) is 1. The van der Waals surface area contributed by atoms with Crippen molar-refractivity contribution in [2.45, 2.75) is 6.61 Å². The van der Waals surface area contributed by atoms with Crippen LogP contribution in [0.4, 0.5) is 10.1 Å². The molecule has 1 amide bonds. The molecule has 20 heavy (non-hydrogen) atoms. The fourth-order valence-electron chi connectivity index (χ4n) is 1.79. The van der Waals surface area contributed by atoms with E-state index in [1.54, 1.807) is 30.3 Å². The fraction of sp³-hybridized carbons (Fsp3) is 0.133. The van der Waals surface area contributed by atoms with Crippen molar-refractivity contribution in [3.63, 3.8) is 0 Å². The number of methoxy groups -OCH3 is 1. The number of hydrogen-bond donors (Lipinski definition) is 2. The first-order chi connectivity index (χ1) is 9.65. The minimum absolute atomic E-state index is 0.0155. The maximum absolute atomic E-state index is 13.9. The second-order valence-electron chi connectivity index (χ2n) is 4.13. The molecule has 0 saturated heterocycles. The van der Waals surface area contributed by atoms with Crippen LogP contribution in [0.1, 0.15) is 15.9 Å². The predicted octanol–water partition coefficient (Wildman–Crippen LogP) is 2.58. The van der Waals surface area contributed by atoms with Gasteiger partial charge in [-0.1, -0.05) is 18.2 Å². The highest BCUT2D eigenvalue weighted by Gasteiger charge is 2.15. The summed E-state index contributed by atoms with van der Waals surface area (Å²) in [7, 11) is 1.34. The van der Waals surface area contributed by atoms with Gasteiger partial charge in [-0.15, -0.1) is 0 Å². The van der Waals surface area contributed by atoms with E-state index in [9.17, 15) is 9.18 Å². The number of anilines is 1. The monoisotopic (exact) mass is 275 g/mol. The van der Waals surface area contributed by atoms with Gasteiger partial charge in [0.05, 0.1) is 19.3 Å². The molecule has 0 aliphatic heterocycles. The molecule has 0 saturated carbocycles. The van der Waals surface area contributed by atoms with Crippen molar-refractivity contribution in [2.75, 3.05) is 12.4 Å². The first-order valence-corrected chi connectivity index (χ1v) is 5.99. The molecule has 0 aromatic heterocycles. The molecule has 0 radical (unpaired) electrons. The highest BCUT2D eigenvalue weighted by molar-refractivity contribution is 6.04. The zero-order chi connectivity index (χ0) is 14.5. The Labute approximate surface area is 115 Å². The fourth-order valence-corrected chi connectivity index (χ4v) is 1.79. The van der Waals surface area contributed by atoms with Gasteiger partial charge in [-0.05, 0) is 29.8 Å². The van der Waals surface area contributed by atoms with E-state index in [0.29, 0.717) is 11.3 Å². The summed E-state index contributed by atoms with van der Waals surface area (Å²) in [5, 5.41) is 11.6. The molecule has 2 N–H and O–H groups in total. The molecule has 104 valence electrons. The zero-order valence-electron chi connectivity index (χ0n) is 10.9. The third-order valence-corrected chi connectivity index (χ3v) is 2.80. The third kappa shape index (κ3) is 2.95. The summed E-state index contributed by atoms with van der Waals surface area (Å²) in [4.78, 5) is 12.0. The van der Waals surface area contributed by atoms with Crippen LogP contribution in [-0.2, 0) is 6.61 Å². The van der Waals surface area contributed by atoms with Gasteiger partial charge in [0.25, 0.3) is 5.91 Å². The van der Waals surface area contributed by atoms with Gasteiger partial charge in [0.2, 0.25) is 0 Å². The molecule has 0 aliphatic carbocycles. The van der Waals surface area contributed by atoms with Gasteiger partial charge < -0.3 is 15.2 Å². The van der Waals surface area contributed by atoms with Gasteiger partial charge >= 0.3 is 0 Å². The first-order valence-electron chi connectivity index (χ1n) is 5.99. The predicted molar refractivity (Wildman–Crippen MR) is 73.3 cm³/mol. The Morgan fingerprint density at radius 2 is 2.05 bits per heavy atom. The van der Waals surface area contributed by atoms with Gasteiger partial charge in [-0.25, -0.2) is 4.39 Å². The van der Waals surface area contributed by atoms with Crippen molar-refractivity contribution < 1.29 is 19.0 Å². The van der Waals surface area contributed by atoms with Crippen LogP contribution in [0, 0.1) is 5.82 Å². The second-order valence-corrected chi connectivity index (χ2v) is 4.13. The molecule has 0 atom stereocenters. The Morgan fingerprint density at radius 1 is 1.30 bits per heavy atom. The molecule has 0 bridgehead atoms. The lowest BCUT2D eigenvalue weighted by molar-refractivity contribution is 0.102. The van der Waals surface area contributed by atoms with E-state index in [1.807, 2.05) is 0 Å². The smallest absolute Gasteiger partial charge is 0.258 e. The van der Waals surface area contributed by atoms with E-state index in [1.165, 1.54) is 19.2 Å². The van der Waals surface area contributed by atoms with E-state index in [0.717, 1.165) is 0 Å². The van der Waals surface area contributed by atoms with Gasteiger partial charge in [-0.2, -0.15) is 0 Å². The number of aliphatic hydroxyl groups excluding tert-OH is 1. The maximum Gasteiger partial charge on any atom is 0.258 e. The van der Waals surface area contributed by atoms with Gasteiger partial charge in [-0.3, -0.25) is 4.79 Å². The van der Waals surface area contributed by atoms with Crippen LogP contribution in [0.3, 0.4) is 0 Å². The van der Waals surface area contributed by atoms with Gasteiger partial charge in [0, 0.05) is 5.69 Å². The Morgan fingerprint density at radius 3 is 2.75 bits per heavy atom. The van der Waals surface area contributed by atoms with Crippen molar-refractivity contribution in [1.29, 1.82) is 0 Å². The lowest BCUT2D eigenvalue weighted by Gasteiger charge is -2.09. The summed E-state index contributed by atoms with van der Waals surface area (Å²) in [5.41, 5.74) is 1.05. The van der Waals surface area contributed by atoms with Gasteiger partial charge in [0.1, 0.15) is 0 Å². The highest BCUT2D eigenvalue weighted by atomic mass is 19.1. The zero-order valence-corrected chi connectivity index (χ0v) is 10.9. The average molecular weight is 275 g/mol. The number of halogens is 1. The number of carbonyl (C=O) groups is 1. The minimum Gasteiger partial charge on any atom is -0.494 e. The standard InChI is InChI=1S/C15H14FNO3/c1-20-13-7-3-6-12(14(13)16)15(19)17-11-5-2-4-10(8-11)9-18/h2-8,18H,9H2,1H3,(H,17,19). The lowest BCUT2D eigenvalue weighted by Crippen LogP contribution is -2.14. The van der Waals surface area contributed by atoms with E-state index < -0.39 is 11.7 Å². The Kier molecular flexibility index (Phi) is 4.32. The summed E-state index contributed by atoms with van der Waals surface area (Å²) in [6.45, 7) is -0.128. The molecule has 4 nitrogen and oxygen atoms in total. The van der Waals surface area contributed by atoms with Crippen LogP contribution in [0.5, 0.6) is 5.75 Å². The molecular formula is C15H14FNO3. The number of aliphatic hydroxyl groups is 1. The van der Waals surface area contributed by atoms with Crippen LogP contribution < -0.4 is 10.1 Å². The number of benzene rings is 2. The molecule has 2 aromatic rings. The number of ether oxygens (including phenoxy) is 1. The first kappa shape index (κ1) is 14.0. The largest absolute Gasteiger partial charge is 0.494 e. The minimum atomic E-state index is -0.703. The topological polar surface area (TPSA) is 58.6 Å². The molecule has 2 aromatic carbocycles. The van der Waals surface area contributed by atoms with E-state index >= 15 is 0 Å². The van der Waals surface area contributed by atoms with Crippen molar-refractivity contribution in [3.8, 4) is 5.75 Å². The lowest BCUT2D eigenvalue weighted by atomic mass is 10.1. The molecule has 0 spiro atoms. The molecule has 5 heteroatoms. The summed E-state index contributed by atoms with van der Waals surface area (Å²) in [6.07, 6.45) is 0. The van der Waals surface area contributed by atoms with Crippen molar-refractivity contribution in [1.82, 2.24) is 0 Å². The molecule has 0 aliphatic rings. The molecule has 0 heterocycles. The average Bonchev–Trinajstić information content (AvgIpc) is 2.47. The molecule has 0 unspecified atom stereocenters. The maximum atomic E-state index is 13.9. The third-order valence-electron chi connectivity index (χ3n) is 2.80. The number of hydrogen-bond acceptors (Lipinski definition) is 3. The molecule has 2 rings (SSSR count). The molecule has 0 fully saturated rings. The summed E-state index contributed by atoms with van der Waals surface area (Å²) < 4.78 is 18.8. The van der Waals surface area contributed by atoms with Crippen molar-refractivity contribution in [2.24, 2.45) is 0 Å². The quantitative estimate of drug-likeness (QED) is 0.901. The summed E-state index contributed by atoms with van der Waals surface area (Å²) in [6, 6.07) is 11.1. The number of amides is 1. The number of carbonyl (C=O) groups excluding carboxylic acids is 1. The Bertz CT molecular complexity index is 628. The van der Waals surface area contributed by atoms with E-state index in [4.69, 9.17) is 9.84 Å². The van der Waals surface area contributed by atoms with Crippen LogP contribution in [0.2, 0.25) is 0 Å². The van der Waals surface area contributed by atoms with Crippen LogP contribution in [0.15, 0.2) is 42.5 Å². The van der Waals surface area contributed by atoms with E-state index in [-0.39, 0.29) is 17.9 Å². The summed E-state index contributed by atoms with van der Waals surface area (Å²) in [5.74, 6) is -1.26. The summed E-state index contributed by atoms with van der Waals surface area (Å²) >= 11 is 0. The second kappa shape index (κ2) is 6.16.